The number of hydrogen-bond acceptors (Lipinski definition) is 4. The van der Waals surface area contributed by atoms with Gasteiger partial charge in [0.05, 0.1) is 18.1 Å². The van der Waals surface area contributed by atoms with E-state index in [0.29, 0.717) is 6.61 Å². The molecule has 0 bridgehead atoms. The van der Waals surface area contributed by atoms with E-state index in [4.69, 9.17) is 4.74 Å². The summed E-state index contributed by atoms with van der Waals surface area (Å²) in [6, 6.07) is 0. The third-order valence-electron chi connectivity index (χ3n) is 5.12. The Kier molecular flexibility index (Phi) is 5.08. The lowest BCUT2D eigenvalue weighted by atomic mass is 9.78. The van der Waals surface area contributed by atoms with Crippen LogP contribution in [0.2, 0.25) is 0 Å². The van der Waals surface area contributed by atoms with Gasteiger partial charge in [-0.1, -0.05) is 13.8 Å². The molecular weight excluding hydrogens is 254 g/mol. The van der Waals surface area contributed by atoms with Gasteiger partial charge >= 0.3 is 5.97 Å². The molecule has 4 nitrogen and oxygen atoms in total. The minimum atomic E-state index is -0.604. The predicted octanol–water partition coefficient (Wildman–Crippen LogP) is 2.06. The molecule has 0 radical (unpaired) electrons. The van der Waals surface area contributed by atoms with Crippen molar-refractivity contribution < 1.29 is 14.6 Å². The van der Waals surface area contributed by atoms with Crippen LogP contribution in [0.25, 0.3) is 0 Å². The van der Waals surface area contributed by atoms with Crippen LogP contribution in [0.4, 0.5) is 0 Å². The average Bonchev–Trinajstić information content (AvgIpc) is 2.68. The molecule has 2 aliphatic rings. The van der Waals surface area contributed by atoms with Gasteiger partial charge in [0, 0.05) is 19.6 Å². The fraction of sp³-hybridized carbons (Fsp3) is 0.938. The standard InChI is InChI=1S/C16H29NO3/c1-4-20-15(18)14-5-7-16(19,8-6-14)11-17-9-12(2)13(3)10-17/h12-14,19H,4-11H2,1-3H3. The van der Waals surface area contributed by atoms with E-state index in [1.807, 2.05) is 6.92 Å². The minimum Gasteiger partial charge on any atom is -0.466 e. The molecule has 4 heteroatoms. The lowest BCUT2D eigenvalue weighted by Gasteiger charge is -2.37. The highest BCUT2D eigenvalue weighted by Crippen LogP contribution is 2.35. The summed E-state index contributed by atoms with van der Waals surface area (Å²) in [5.74, 6) is 1.34. The molecular formula is C16H29NO3. The maximum absolute atomic E-state index is 11.7. The van der Waals surface area contributed by atoms with Gasteiger partial charge in [0.15, 0.2) is 0 Å². The zero-order valence-corrected chi connectivity index (χ0v) is 13.1. The predicted molar refractivity (Wildman–Crippen MR) is 78.3 cm³/mol. The second-order valence-electron chi connectivity index (χ2n) is 6.90. The fourth-order valence-electron chi connectivity index (χ4n) is 3.60. The van der Waals surface area contributed by atoms with E-state index in [1.165, 1.54) is 0 Å². The van der Waals surface area contributed by atoms with Crippen molar-refractivity contribution in [1.29, 1.82) is 0 Å². The second kappa shape index (κ2) is 6.44. The van der Waals surface area contributed by atoms with Crippen LogP contribution in [0, 0.1) is 17.8 Å². The van der Waals surface area contributed by atoms with Crippen LogP contribution in [-0.2, 0) is 9.53 Å². The number of β-amino-alcohol motifs (C(OH)–C–C–N with tert-alkyl or cyclic N) is 1. The van der Waals surface area contributed by atoms with Crippen molar-refractivity contribution in [1.82, 2.24) is 4.90 Å². The largest absolute Gasteiger partial charge is 0.466 e. The van der Waals surface area contributed by atoms with Gasteiger partial charge < -0.3 is 9.84 Å². The van der Waals surface area contributed by atoms with Gasteiger partial charge in [-0.3, -0.25) is 9.69 Å². The normalized spacial score (nSPS) is 38.9. The molecule has 1 saturated heterocycles. The second-order valence-corrected chi connectivity index (χ2v) is 6.90. The Bertz CT molecular complexity index is 327. The molecule has 0 aromatic carbocycles. The fourth-order valence-corrected chi connectivity index (χ4v) is 3.60. The summed E-state index contributed by atoms with van der Waals surface area (Å²) >= 11 is 0. The van der Waals surface area contributed by atoms with Crippen molar-refractivity contribution in [2.45, 2.75) is 52.1 Å². The Morgan fingerprint density at radius 1 is 1.25 bits per heavy atom. The highest BCUT2D eigenvalue weighted by molar-refractivity contribution is 5.72. The number of likely N-dealkylation sites (tertiary alicyclic amines) is 1. The maximum Gasteiger partial charge on any atom is 0.308 e. The van der Waals surface area contributed by atoms with Gasteiger partial charge in [0.2, 0.25) is 0 Å². The Morgan fingerprint density at radius 3 is 2.30 bits per heavy atom. The Labute approximate surface area is 122 Å². The Hall–Kier alpha value is -0.610. The Morgan fingerprint density at radius 2 is 1.80 bits per heavy atom. The van der Waals surface area contributed by atoms with Gasteiger partial charge in [0.25, 0.3) is 0 Å². The first-order valence-corrected chi connectivity index (χ1v) is 8.05. The van der Waals surface area contributed by atoms with E-state index in [1.54, 1.807) is 0 Å². The van der Waals surface area contributed by atoms with Crippen molar-refractivity contribution in [3.63, 3.8) is 0 Å². The number of esters is 1. The average molecular weight is 283 g/mol. The van der Waals surface area contributed by atoms with Gasteiger partial charge in [-0.25, -0.2) is 0 Å². The first-order valence-electron chi connectivity index (χ1n) is 8.05. The van der Waals surface area contributed by atoms with E-state index < -0.39 is 5.60 Å². The van der Waals surface area contributed by atoms with Crippen molar-refractivity contribution in [3.05, 3.63) is 0 Å². The number of hydrogen-bond donors (Lipinski definition) is 1. The van der Waals surface area contributed by atoms with Crippen molar-refractivity contribution in [2.75, 3.05) is 26.2 Å². The van der Waals surface area contributed by atoms with Crippen molar-refractivity contribution >= 4 is 5.97 Å². The Balaban J connectivity index is 1.81. The van der Waals surface area contributed by atoms with Gasteiger partial charge in [0.1, 0.15) is 0 Å². The van der Waals surface area contributed by atoms with E-state index in [-0.39, 0.29) is 11.9 Å². The van der Waals surface area contributed by atoms with E-state index >= 15 is 0 Å². The summed E-state index contributed by atoms with van der Waals surface area (Å²) in [5, 5.41) is 10.7. The zero-order valence-electron chi connectivity index (χ0n) is 13.1. The lowest BCUT2D eigenvalue weighted by Crippen LogP contribution is -2.45. The van der Waals surface area contributed by atoms with Gasteiger partial charge in [-0.15, -0.1) is 0 Å². The molecule has 1 heterocycles. The monoisotopic (exact) mass is 283 g/mol. The van der Waals surface area contributed by atoms with Crippen LogP contribution in [0.1, 0.15) is 46.5 Å². The smallest absolute Gasteiger partial charge is 0.308 e. The molecule has 116 valence electrons. The lowest BCUT2D eigenvalue weighted by molar-refractivity contribution is -0.151. The molecule has 1 N–H and O–H groups in total. The molecule has 0 aromatic rings. The van der Waals surface area contributed by atoms with Crippen LogP contribution in [0.5, 0.6) is 0 Å². The first-order chi connectivity index (χ1) is 9.43. The highest BCUT2D eigenvalue weighted by atomic mass is 16.5. The molecule has 0 aromatic heterocycles. The number of nitrogens with zero attached hydrogens (tertiary/aromatic N) is 1. The molecule has 1 aliphatic heterocycles. The third-order valence-corrected chi connectivity index (χ3v) is 5.12. The molecule has 20 heavy (non-hydrogen) atoms. The number of ether oxygens (including phenoxy) is 1. The summed E-state index contributed by atoms with van der Waals surface area (Å²) in [4.78, 5) is 14.1. The molecule has 2 rings (SSSR count). The molecule has 1 saturated carbocycles. The van der Waals surface area contributed by atoms with Crippen LogP contribution in [-0.4, -0.2) is 47.8 Å². The van der Waals surface area contributed by atoms with Crippen LogP contribution >= 0.6 is 0 Å². The summed E-state index contributed by atoms with van der Waals surface area (Å²) in [5.41, 5.74) is -0.604. The molecule has 0 amide bonds. The van der Waals surface area contributed by atoms with E-state index in [0.717, 1.165) is 57.2 Å². The van der Waals surface area contributed by atoms with Crippen LogP contribution < -0.4 is 0 Å². The summed E-state index contributed by atoms with van der Waals surface area (Å²) in [6.07, 6.45) is 2.95. The van der Waals surface area contributed by atoms with Gasteiger partial charge in [-0.2, -0.15) is 0 Å². The third kappa shape index (κ3) is 3.73. The number of carbonyl (C=O) groups is 1. The number of aliphatic hydroxyl groups is 1. The first kappa shape index (κ1) is 15.8. The zero-order chi connectivity index (χ0) is 14.8. The van der Waals surface area contributed by atoms with Gasteiger partial charge in [-0.05, 0) is 44.4 Å². The van der Waals surface area contributed by atoms with E-state index in [9.17, 15) is 9.90 Å². The molecule has 1 aliphatic carbocycles. The summed E-state index contributed by atoms with van der Waals surface area (Å²) < 4.78 is 5.08. The summed E-state index contributed by atoms with van der Waals surface area (Å²) in [7, 11) is 0. The highest BCUT2D eigenvalue weighted by Gasteiger charge is 2.39. The van der Waals surface area contributed by atoms with Crippen molar-refractivity contribution in [3.8, 4) is 0 Å². The van der Waals surface area contributed by atoms with Crippen LogP contribution in [0.3, 0.4) is 0 Å². The van der Waals surface area contributed by atoms with E-state index in [2.05, 4.69) is 18.7 Å². The number of rotatable bonds is 4. The molecule has 2 atom stereocenters. The summed E-state index contributed by atoms with van der Waals surface area (Å²) in [6.45, 7) is 9.79. The SMILES string of the molecule is CCOC(=O)C1CCC(O)(CN2CC(C)C(C)C2)CC1. The topological polar surface area (TPSA) is 49.8 Å². The molecule has 2 unspecified atom stereocenters. The molecule has 2 fully saturated rings. The number of carbonyl (C=O) groups excluding carboxylic acids is 1. The van der Waals surface area contributed by atoms with Crippen LogP contribution in [0.15, 0.2) is 0 Å². The maximum atomic E-state index is 11.7. The quantitative estimate of drug-likeness (QED) is 0.802. The van der Waals surface area contributed by atoms with Crippen molar-refractivity contribution in [2.24, 2.45) is 17.8 Å². The minimum absolute atomic E-state index is 0.00773. The molecule has 0 spiro atoms.